The first-order valence-electron chi connectivity index (χ1n) is 8.38. The number of likely N-dealkylation sites (tertiary alicyclic amines) is 1. The van der Waals surface area contributed by atoms with Gasteiger partial charge < -0.3 is 10.0 Å². The molecular weight excluding hydrogens is 266 g/mol. The van der Waals surface area contributed by atoms with Crippen LogP contribution in [0, 0.1) is 17.3 Å². The first-order chi connectivity index (χ1) is 9.87. The molecule has 2 atom stereocenters. The van der Waals surface area contributed by atoms with Crippen LogP contribution in [0.2, 0.25) is 0 Å². The average Bonchev–Trinajstić information content (AvgIpc) is 2.89. The van der Waals surface area contributed by atoms with Gasteiger partial charge >= 0.3 is 5.97 Å². The lowest BCUT2D eigenvalue weighted by molar-refractivity contribution is -0.151. The average molecular weight is 297 g/mol. The van der Waals surface area contributed by atoms with E-state index in [1.54, 1.807) is 4.90 Å². The molecule has 0 aromatic heterocycles. The lowest BCUT2D eigenvalue weighted by Crippen LogP contribution is -2.40. The van der Waals surface area contributed by atoms with Gasteiger partial charge in [0.25, 0.3) is 0 Å². The van der Waals surface area contributed by atoms with E-state index in [-0.39, 0.29) is 11.8 Å². The van der Waals surface area contributed by atoms with E-state index in [2.05, 4.69) is 13.8 Å². The second-order valence-corrected chi connectivity index (χ2v) is 6.80. The Labute approximate surface area is 128 Å². The maximum atomic E-state index is 12.4. The number of aliphatic carboxylic acids is 1. The molecule has 21 heavy (non-hydrogen) atoms. The second-order valence-electron chi connectivity index (χ2n) is 6.80. The number of carbonyl (C=O) groups is 2. The summed E-state index contributed by atoms with van der Waals surface area (Å²) in [5.41, 5.74) is -0.749. The first-order valence-corrected chi connectivity index (χ1v) is 8.38. The third-order valence-electron chi connectivity index (χ3n) is 5.19. The van der Waals surface area contributed by atoms with Crippen LogP contribution < -0.4 is 0 Å². The molecule has 1 heterocycles. The van der Waals surface area contributed by atoms with Gasteiger partial charge in [0, 0.05) is 19.5 Å². The van der Waals surface area contributed by atoms with Gasteiger partial charge in [-0.1, -0.05) is 47.0 Å². The summed E-state index contributed by atoms with van der Waals surface area (Å²) < 4.78 is 0. The fraction of sp³-hybridized carbons (Fsp3) is 0.882. The predicted octanol–water partition coefficient (Wildman–Crippen LogP) is 3.55. The van der Waals surface area contributed by atoms with Crippen molar-refractivity contribution in [3.05, 3.63) is 0 Å². The lowest BCUT2D eigenvalue weighted by Gasteiger charge is -2.29. The zero-order valence-electron chi connectivity index (χ0n) is 14.0. The van der Waals surface area contributed by atoms with E-state index in [4.69, 9.17) is 0 Å². The predicted molar refractivity (Wildman–Crippen MR) is 84.0 cm³/mol. The maximum absolute atomic E-state index is 12.4. The highest BCUT2D eigenvalue weighted by Gasteiger charge is 2.48. The summed E-state index contributed by atoms with van der Waals surface area (Å²) in [5.74, 6) is -0.126. The van der Waals surface area contributed by atoms with E-state index >= 15 is 0 Å². The molecule has 0 aromatic rings. The number of nitrogens with zero attached hydrogens (tertiary/aromatic N) is 1. The molecule has 1 rings (SSSR count). The maximum Gasteiger partial charge on any atom is 0.311 e. The summed E-state index contributed by atoms with van der Waals surface area (Å²) in [6, 6.07) is 0. The third-order valence-corrected chi connectivity index (χ3v) is 5.19. The number of carboxylic acids is 1. The van der Waals surface area contributed by atoms with Crippen LogP contribution in [0.15, 0.2) is 0 Å². The van der Waals surface area contributed by atoms with Gasteiger partial charge in [-0.25, -0.2) is 0 Å². The zero-order valence-corrected chi connectivity index (χ0v) is 14.0. The lowest BCUT2D eigenvalue weighted by atomic mass is 9.76. The normalized spacial score (nSPS) is 23.6. The fourth-order valence-corrected chi connectivity index (χ4v) is 3.26. The molecule has 1 amide bonds. The Balaban J connectivity index is 2.63. The Morgan fingerprint density at radius 2 is 1.95 bits per heavy atom. The summed E-state index contributed by atoms with van der Waals surface area (Å²) in [6.45, 7) is 9.15. The number of carbonyl (C=O) groups excluding carboxylic acids is 1. The molecule has 1 saturated heterocycles. The van der Waals surface area contributed by atoms with Crippen LogP contribution in [-0.2, 0) is 9.59 Å². The Hall–Kier alpha value is -1.06. The highest BCUT2D eigenvalue weighted by Crippen LogP contribution is 2.38. The molecule has 122 valence electrons. The largest absolute Gasteiger partial charge is 0.481 e. The molecule has 0 radical (unpaired) electrons. The van der Waals surface area contributed by atoms with E-state index in [0.717, 1.165) is 25.7 Å². The van der Waals surface area contributed by atoms with Gasteiger partial charge in [0.2, 0.25) is 5.91 Å². The van der Waals surface area contributed by atoms with Crippen molar-refractivity contribution in [1.29, 1.82) is 0 Å². The van der Waals surface area contributed by atoms with Crippen molar-refractivity contribution in [3.8, 4) is 0 Å². The van der Waals surface area contributed by atoms with Gasteiger partial charge in [-0.2, -0.15) is 0 Å². The molecule has 0 aliphatic carbocycles. The Bertz CT molecular complexity index is 367. The first kappa shape index (κ1) is 18.0. The third kappa shape index (κ3) is 4.21. The molecule has 1 fully saturated rings. The van der Waals surface area contributed by atoms with Gasteiger partial charge in [-0.3, -0.25) is 9.59 Å². The van der Waals surface area contributed by atoms with Crippen molar-refractivity contribution in [2.75, 3.05) is 13.1 Å². The number of amides is 1. The number of unbranched alkanes of at least 4 members (excludes halogenated alkanes) is 1. The molecule has 2 unspecified atom stereocenters. The van der Waals surface area contributed by atoms with Crippen LogP contribution in [0.25, 0.3) is 0 Å². The van der Waals surface area contributed by atoms with Crippen molar-refractivity contribution in [2.45, 2.75) is 66.2 Å². The van der Waals surface area contributed by atoms with Crippen LogP contribution in [0.4, 0.5) is 0 Å². The van der Waals surface area contributed by atoms with Gasteiger partial charge in [0.1, 0.15) is 0 Å². The Morgan fingerprint density at radius 3 is 2.38 bits per heavy atom. The van der Waals surface area contributed by atoms with Gasteiger partial charge in [0.05, 0.1) is 5.41 Å². The summed E-state index contributed by atoms with van der Waals surface area (Å²) in [5, 5.41) is 9.54. The van der Waals surface area contributed by atoms with E-state index in [0.29, 0.717) is 31.8 Å². The van der Waals surface area contributed by atoms with E-state index in [1.165, 1.54) is 0 Å². The van der Waals surface area contributed by atoms with Crippen LogP contribution in [0.3, 0.4) is 0 Å². The molecule has 0 saturated carbocycles. The zero-order chi connectivity index (χ0) is 16.0. The highest BCUT2D eigenvalue weighted by atomic mass is 16.4. The summed E-state index contributed by atoms with van der Waals surface area (Å²) >= 11 is 0. The minimum Gasteiger partial charge on any atom is -0.481 e. The van der Waals surface area contributed by atoms with Crippen molar-refractivity contribution < 1.29 is 14.7 Å². The minimum atomic E-state index is -0.758. The van der Waals surface area contributed by atoms with E-state index in [1.807, 2.05) is 13.8 Å². The molecule has 0 bridgehead atoms. The van der Waals surface area contributed by atoms with Crippen LogP contribution in [0.1, 0.15) is 66.2 Å². The number of hydrogen-bond donors (Lipinski definition) is 1. The summed E-state index contributed by atoms with van der Waals surface area (Å²) in [6.07, 6.45) is 5.59. The summed E-state index contributed by atoms with van der Waals surface area (Å²) in [7, 11) is 0. The van der Waals surface area contributed by atoms with Crippen LogP contribution in [-0.4, -0.2) is 35.0 Å². The standard InChI is InChI=1S/C17H31NO3/c1-5-7-8-14(6-2)11-15(19)18-10-9-17(12-18,13(3)4)16(20)21/h13-14H,5-12H2,1-4H3,(H,20,21). The molecule has 4 heteroatoms. The monoisotopic (exact) mass is 297 g/mol. The molecule has 1 aliphatic heterocycles. The number of carboxylic acid groups (broad SMARTS) is 1. The quantitative estimate of drug-likeness (QED) is 0.745. The van der Waals surface area contributed by atoms with Crippen molar-refractivity contribution in [3.63, 3.8) is 0 Å². The Kier molecular flexibility index (Phi) is 6.69. The van der Waals surface area contributed by atoms with Gasteiger partial charge in [0.15, 0.2) is 0 Å². The molecule has 4 nitrogen and oxygen atoms in total. The topological polar surface area (TPSA) is 57.6 Å². The van der Waals surface area contributed by atoms with E-state index < -0.39 is 11.4 Å². The van der Waals surface area contributed by atoms with Crippen molar-refractivity contribution in [1.82, 2.24) is 4.90 Å². The smallest absolute Gasteiger partial charge is 0.311 e. The molecule has 1 aliphatic rings. The molecule has 0 spiro atoms. The molecular formula is C17H31NO3. The van der Waals surface area contributed by atoms with Crippen molar-refractivity contribution in [2.24, 2.45) is 17.3 Å². The van der Waals surface area contributed by atoms with Crippen LogP contribution in [0.5, 0.6) is 0 Å². The second kappa shape index (κ2) is 7.81. The SMILES string of the molecule is CCCCC(CC)CC(=O)N1CCC(C(=O)O)(C(C)C)C1. The van der Waals surface area contributed by atoms with Crippen molar-refractivity contribution >= 4 is 11.9 Å². The van der Waals surface area contributed by atoms with Gasteiger partial charge in [-0.05, 0) is 24.7 Å². The number of rotatable bonds is 8. The molecule has 0 aromatic carbocycles. The minimum absolute atomic E-state index is 0.0508. The summed E-state index contributed by atoms with van der Waals surface area (Å²) in [4.78, 5) is 25.8. The highest BCUT2D eigenvalue weighted by molar-refractivity contribution is 5.81. The van der Waals surface area contributed by atoms with E-state index in [9.17, 15) is 14.7 Å². The Morgan fingerprint density at radius 1 is 1.29 bits per heavy atom. The van der Waals surface area contributed by atoms with Gasteiger partial charge in [-0.15, -0.1) is 0 Å². The van der Waals surface area contributed by atoms with Crippen LogP contribution >= 0.6 is 0 Å². The fourth-order valence-electron chi connectivity index (χ4n) is 3.26. The number of hydrogen-bond acceptors (Lipinski definition) is 2. The molecule has 1 N–H and O–H groups in total.